The lowest BCUT2D eigenvalue weighted by atomic mass is 10.1. The lowest BCUT2D eigenvalue weighted by Crippen LogP contribution is -2.15. The molecule has 0 atom stereocenters. The topological polar surface area (TPSA) is 69.8 Å². The maximum absolute atomic E-state index is 12.3. The average Bonchev–Trinajstić information content (AvgIpc) is 3.08. The van der Waals surface area contributed by atoms with E-state index in [1.165, 1.54) is 0 Å². The Morgan fingerprint density at radius 1 is 1.04 bits per heavy atom. The van der Waals surface area contributed by atoms with Crippen LogP contribution in [-0.2, 0) is 11.2 Å². The predicted octanol–water partition coefficient (Wildman–Crippen LogP) is 5.14. The SMILES string of the molecule is O=C(Cc1c[nH]c2ccccc12)Nc1ccc(Nc2ccccc2Cl)cn1. The number of H-pyrrole nitrogens is 1. The highest BCUT2D eigenvalue weighted by atomic mass is 35.5. The molecule has 0 aliphatic carbocycles. The van der Waals surface area contributed by atoms with Crippen LogP contribution in [0, 0.1) is 0 Å². The maximum Gasteiger partial charge on any atom is 0.230 e. The zero-order valence-corrected chi connectivity index (χ0v) is 15.1. The van der Waals surface area contributed by atoms with E-state index >= 15 is 0 Å². The van der Waals surface area contributed by atoms with E-state index in [1.807, 2.05) is 60.8 Å². The lowest BCUT2D eigenvalue weighted by Gasteiger charge is -2.09. The van der Waals surface area contributed by atoms with E-state index in [-0.39, 0.29) is 12.3 Å². The fourth-order valence-corrected chi connectivity index (χ4v) is 3.08. The van der Waals surface area contributed by atoms with Gasteiger partial charge < -0.3 is 15.6 Å². The molecule has 2 heterocycles. The zero-order valence-electron chi connectivity index (χ0n) is 14.4. The number of hydrogen-bond donors (Lipinski definition) is 3. The molecular formula is C21H17ClN4O. The Morgan fingerprint density at radius 2 is 1.85 bits per heavy atom. The van der Waals surface area contributed by atoms with Crippen molar-refractivity contribution in [2.24, 2.45) is 0 Å². The van der Waals surface area contributed by atoms with Crippen molar-refractivity contribution in [1.82, 2.24) is 9.97 Å². The number of amides is 1. The standard InChI is InChI=1S/C21H17ClN4O/c22-17-6-2-4-8-19(17)25-15-9-10-20(24-13-15)26-21(27)11-14-12-23-18-7-3-1-5-16(14)18/h1-10,12-13,23,25H,11H2,(H,24,26,27). The van der Waals surface area contributed by atoms with Crippen molar-refractivity contribution in [3.8, 4) is 0 Å². The molecule has 2 aromatic heterocycles. The molecule has 3 N–H and O–H groups in total. The molecule has 0 aliphatic rings. The first-order chi connectivity index (χ1) is 13.2. The molecule has 0 saturated heterocycles. The van der Waals surface area contributed by atoms with Gasteiger partial charge in [0, 0.05) is 17.1 Å². The summed E-state index contributed by atoms with van der Waals surface area (Å²) in [5, 5.41) is 7.72. The average molecular weight is 377 g/mol. The zero-order chi connectivity index (χ0) is 18.6. The first kappa shape index (κ1) is 17.1. The Balaban J connectivity index is 1.41. The third-order valence-electron chi connectivity index (χ3n) is 4.21. The molecule has 0 saturated carbocycles. The third-order valence-corrected chi connectivity index (χ3v) is 4.54. The smallest absolute Gasteiger partial charge is 0.230 e. The first-order valence-electron chi connectivity index (χ1n) is 8.51. The second-order valence-corrected chi connectivity index (χ2v) is 6.53. The number of aromatic nitrogens is 2. The molecule has 0 fully saturated rings. The van der Waals surface area contributed by atoms with Crippen LogP contribution in [0.2, 0.25) is 5.02 Å². The number of pyridine rings is 1. The van der Waals surface area contributed by atoms with E-state index in [0.29, 0.717) is 10.8 Å². The number of nitrogens with zero attached hydrogens (tertiary/aromatic N) is 1. The monoisotopic (exact) mass is 376 g/mol. The van der Waals surface area contributed by atoms with Crippen LogP contribution in [0.4, 0.5) is 17.2 Å². The summed E-state index contributed by atoms with van der Waals surface area (Å²) in [4.78, 5) is 19.8. The quantitative estimate of drug-likeness (QED) is 0.451. The fourth-order valence-electron chi connectivity index (χ4n) is 2.90. The molecule has 0 bridgehead atoms. The fraction of sp³-hybridized carbons (Fsp3) is 0.0476. The van der Waals surface area contributed by atoms with Gasteiger partial charge in [-0.15, -0.1) is 0 Å². The van der Waals surface area contributed by atoms with Crippen molar-refractivity contribution in [3.63, 3.8) is 0 Å². The normalized spacial score (nSPS) is 10.7. The largest absolute Gasteiger partial charge is 0.361 e. The number of fused-ring (bicyclic) bond motifs is 1. The van der Waals surface area contributed by atoms with Gasteiger partial charge in [0.25, 0.3) is 0 Å². The lowest BCUT2D eigenvalue weighted by molar-refractivity contribution is -0.115. The molecule has 1 amide bonds. The predicted molar refractivity (Wildman–Crippen MR) is 110 cm³/mol. The Hall–Kier alpha value is -3.31. The van der Waals surface area contributed by atoms with Gasteiger partial charge in [-0.05, 0) is 35.9 Å². The summed E-state index contributed by atoms with van der Waals surface area (Å²) in [5.41, 5.74) is 3.57. The van der Waals surface area contributed by atoms with Gasteiger partial charge in [0.1, 0.15) is 5.82 Å². The summed E-state index contributed by atoms with van der Waals surface area (Å²) in [6, 6.07) is 19.0. The number of benzene rings is 2. The molecule has 0 spiro atoms. The van der Waals surface area contributed by atoms with Gasteiger partial charge in [-0.1, -0.05) is 41.9 Å². The van der Waals surface area contributed by atoms with Crippen molar-refractivity contribution < 1.29 is 4.79 Å². The van der Waals surface area contributed by atoms with E-state index < -0.39 is 0 Å². The van der Waals surface area contributed by atoms with Crippen LogP contribution < -0.4 is 10.6 Å². The number of nitrogens with one attached hydrogen (secondary N) is 3. The molecular weight excluding hydrogens is 360 g/mol. The van der Waals surface area contributed by atoms with E-state index in [9.17, 15) is 4.79 Å². The maximum atomic E-state index is 12.3. The summed E-state index contributed by atoms with van der Waals surface area (Å²) >= 11 is 6.14. The number of aromatic amines is 1. The Bertz CT molecular complexity index is 1090. The Labute approximate surface area is 161 Å². The molecule has 6 heteroatoms. The second-order valence-electron chi connectivity index (χ2n) is 6.12. The molecule has 27 heavy (non-hydrogen) atoms. The minimum atomic E-state index is -0.112. The first-order valence-corrected chi connectivity index (χ1v) is 8.89. The number of anilines is 3. The summed E-state index contributed by atoms with van der Waals surface area (Å²) in [7, 11) is 0. The summed E-state index contributed by atoms with van der Waals surface area (Å²) in [6.45, 7) is 0. The van der Waals surface area contributed by atoms with E-state index in [4.69, 9.17) is 11.6 Å². The van der Waals surface area contributed by atoms with Crippen LogP contribution in [0.25, 0.3) is 10.9 Å². The molecule has 0 aliphatic heterocycles. The van der Waals surface area contributed by atoms with Crippen molar-refractivity contribution in [1.29, 1.82) is 0 Å². The van der Waals surface area contributed by atoms with Crippen molar-refractivity contribution >= 4 is 45.6 Å². The van der Waals surface area contributed by atoms with Gasteiger partial charge >= 0.3 is 0 Å². The van der Waals surface area contributed by atoms with Crippen molar-refractivity contribution in [2.45, 2.75) is 6.42 Å². The summed E-state index contributed by atoms with van der Waals surface area (Å²) < 4.78 is 0. The van der Waals surface area contributed by atoms with Crippen LogP contribution in [0.3, 0.4) is 0 Å². The van der Waals surface area contributed by atoms with Crippen LogP contribution in [0.1, 0.15) is 5.56 Å². The van der Waals surface area contributed by atoms with Crippen molar-refractivity contribution in [3.05, 3.63) is 83.6 Å². The van der Waals surface area contributed by atoms with Gasteiger partial charge in [-0.2, -0.15) is 0 Å². The Kier molecular flexibility index (Phi) is 4.77. The number of hydrogen-bond acceptors (Lipinski definition) is 3. The van der Waals surface area contributed by atoms with Gasteiger partial charge in [0.15, 0.2) is 0 Å². The molecule has 0 unspecified atom stereocenters. The van der Waals surface area contributed by atoms with Crippen LogP contribution >= 0.6 is 11.6 Å². The highest BCUT2D eigenvalue weighted by Gasteiger charge is 2.09. The number of halogens is 1. The van der Waals surface area contributed by atoms with Gasteiger partial charge in [0.2, 0.25) is 5.91 Å². The number of rotatable bonds is 5. The van der Waals surface area contributed by atoms with Crippen LogP contribution in [0.15, 0.2) is 73.1 Å². The minimum absolute atomic E-state index is 0.112. The number of carbonyl (C=O) groups excluding carboxylic acids is 1. The van der Waals surface area contributed by atoms with Gasteiger partial charge in [-0.3, -0.25) is 4.79 Å². The number of carbonyl (C=O) groups is 1. The molecule has 4 rings (SSSR count). The van der Waals surface area contributed by atoms with Gasteiger partial charge in [0.05, 0.1) is 29.0 Å². The molecule has 0 radical (unpaired) electrons. The van der Waals surface area contributed by atoms with E-state index in [2.05, 4.69) is 20.6 Å². The van der Waals surface area contributed by atoms with E-state index in [1.54, 1.807) is 12.3 Å². The second kappa shape index (κ2) is 7.51. The van der Waals surface area contributed by atoms with E-state index in [0.717, 1.165) is 27.8 Å². The van der Waals surface area contributed by atoms with Crippen molar-refractivity contribution in [2.75, 3.05) is 10.6 Å². The number of para-hydroxylation sites is 2. The minimum Gasteiger partial charge on any atom is -0.361 e. The molecule has 2 aromatic carbocycles. The summed E-state index contributed by atoms with van der Waals surface area (Å²) in [6.07, 6.45) is 3.81. The Morgan fingerprint density at radius 3 is 2.67 bits per heavy atom. The third kappa shape index (κ3) is 3.93. The highest BCUT2D eigenvalue weighted by molar-refractivity contribution is 6.33. The van der Waals surface area contributed by atoms with Crippen LogP contribution in [0.5, 0.6) is 0 Å². The highest BCUT2D eigenvalue weighted by Crippen LogP contribution is 2.25. The van der Waals surface area contributed by atoms with Crippen LogP contribution in [-0.4, -0.2) is 15.9 Å². The molecule has 5 nitrogen and oxygen atoms in total. The van der Waals surface area contributed by atoms with Gasteiger partial charge in [-0.25, -0.2) is 4.98 Å². The molecule has 4 aromatic rings. The summed E-state index contributed by atoms with van der Waals surface area (Å²) in [5.74, 6) is 0.392. The molecule has 134 valence electrons.